The first-order valence-corrected chi connectivity index (χ1v) is 5.67. The second-order valence-electron chi connectivity index (χ2n) is 5.15. The standard InChI is InChI=1S/C13H18N2/c1-13-8-9-14(2)12(13)15(3)11-7-5-4-6-10(11)13/h4-7,12H,8-9H2,1-3H3/t12-,13-/m0/s1. The highest BCUT2D eigenvalue weighted by atomic mass is 15.4. The smallest absolute Gasteiger partial charge is 0.0911 e. The summed E-state index contributed by atoms with van der Waals surface area (Å²) in [5.41, 5.74) is 3.28. The molecule has 2 nitrogen and oxygen atoms in total. The third-order valence-electron chi connectivity index (χ3n) is 4.24. The molecule has 2 heterocycles. The quantitative estimate of drug-likeness (QED) is 0.635. The average Bonchev–Trinajstić information content (AvgIpc) is 2.65. The van der Waals surface area contributed by atoms with Crippen molar-refractivity contribution in [1.29, 1.82) is 0 Å². The van der Waals surface area contributed by atoms with Gasteiger partial charge in [-0.25, -0.2) is 0 Å². The van der Waals surface area contributed by atoms with Crippen LogP contribution in [0.1, 0.15) is 18.9 Å². The third kappa shape index (κ3) is 0.979. The number of rotatable bonds is 0. The molecule has 1 aromatic rings. The molecule has 0 unspecified atom stereocenters. The highest BCUT2D eigenvalue weighted by Crippen LogP contribution is 2.50. The van der Waals surface area contributed by atoms with E-state index >= 15 is 0 Å². The van der Waals surface area contributed by atoms with E-state index in [1.54, 1.807) is 0 Å². The number of hydrogen-bond acceptors (Lipinski definition) is 2. The van der Waals surface area contributed by atoms with E-state index < -0.39 is 0 Å². The monoisotopic (exact) mass is 202 g/mol. The molecular formula is C13H18N2. The van der Waals surface area contributed by atoms with Crippen LogP contribution in [0.2, 0.25) is 0 Å². The predicted molar refractivity (Wildman–Crippen MR) is 63.2 cm³/mol. The van der Waals surface area contributed by atoms with Crippen molar-refractivity contribution < 1.29 is 0 Å². The van der Waals surface area contributed by atoms with Crippen LogP contribution in [0.5, 0.6) is 0 Å². The lowest BCUT2D eigenvalue weighted by molar-refractivity contribution is 0.268. The summed E-state index contributed by atoms with van der Waals surface area (Å²) in [6, 6.07) is 8.84. The fourth-order valence-electron chi connectivity index (χ4n) is 3.54. The highest BCUT2D eigenvalue weighted by Gasteiger charge is 2.51. The van der Waals surface area contributed by atoms with E-state index in [-0.39, 0.29) is 0 Å². The van der Waals surface area contributed by atoms with E-state index in [9.17, 15) is 0 Å². The molecule has 80 valence electrons. The number of para-hydroxylation sites is 1. The summed E-state index contributed by atoms with van der Waals surface area (Å²) >= 11 is 0. The number of likely N-dealkylation sites (tertiary alicyclic amines) is 1. The maximum Gasteiger partial charge on any atom is 0.0911 e. The number of nitrogens with zero attached hydrogens (tertiary/aromatic N) is 2. The van der Waals surface area contributed by atoms with Crippen molar-refractivity contribution in [3.05, 3.63) is 29.8 Å². The van der Waals surface area contributed by atoms with Gasteiger partial charge in [0.15, 0.2) is 0 Å². The lowest BCUT2D eigenvalue weighted by Crippen LogP contribution is -2.45. The lowest BCUT2D eigenvalue weighted by Gasteiger charge is -2.32. The van der Waals surface area contributed by atoms with E-state index in [0.717, 1.165) is 0 Å². The van der Waals surface area contributed by atoms with Crippen molar-refractivity contribution in [2.45, 2.75) is 24.9 Å². The van der Waals surface area contributed by atoms with Crippen molar-refractivity contribution >= 4 is 5.69 Å². The topological polar surface area (TPSA) is 6.48 Å². The molecule has 0 radical (unpaired) electrons. The van der Waals surface area contributed by atoms with Gasteiger partial charge in [-0.05, 0) is 25.1 Å². The summed E-state index contributed by atoms with van der Waals surface area (Å²) in [4.78, 5) is 4.91. The first-order chi connectivity index (χ1) is 7.14. The van der Waals surface area contributed by atoms with E-state index in [1.165, 1.54) is 24.2 Å². The van der Waals surface area contributed by atoms with Gasteiger partial charge in [0.2, 0.25) is 0 Å². The van der Waals surface area contributed by atoms with E-state index in [2.05, 4.69) is 55.1 Å². The molecule has 3 rings (SSSR count). The molecule has 0 aromatic heterocycles. The maximum absolute atomic E-state index is 2.47. The average molecular weight is 202 g/mol. The SMILES string of the molecule is CN1CC[C@@]2(C)c3ccccc3N(C)[C@H]12. The first-order valence-electron chi connectivity index (χ1n) is 5.67. The zero-order valence-electron chi connectivity index (χ0n) is 9.70. The molecule has 2 aliphatic rings. The van der Waals surface area contributed by atoms with Gasteiger partial charge in [-0.3, -0.25) is 4.90 Å². The largest absolute Gasteiger partial charge is 0.358 e. The first kappa shape index (κ1) is 9.22. The number of hydrogen-bond donors (Lipinski definition) is 0. The van der Waals surface area contributed by atoms with E-state index in [0.29, 0.717) is 11.6 Å². The molecule has 0 amide bonds. The summed E-state index contributed by atoms with van der Waals surface area (Å²) < 4.78 is 0. The van der Waals surface area contributed by atoms with Crippen LogP contribution in [-0.4, -0.2) is 31.7 Å². The van der Waals surface area contributed by atoms with Gasteiger partial charge in [-0.1, -0.05) is 25.1 Å². The summed E-state index contributed by atoms with van der Waals surface area (Å²) in [5.74, 6) is 0. The van der Waals surface area contributed by atoms with Crippen molar-refractivity contribution in [2.75, 3.05) is 25.5 Å². The van der Waals surface area contributed by atoms with Crippen LogP contribution in [0, 0.1) is 0 Å². The van der Waals surface area contributed by atoms with E-state index in [4.69, 9.17) is 0 Å². The second-order valence-corrected chi connectivity index (χ2v) is 5.15. The Hall–Kier alpha value is -1.02. The maximum atomic E-state index is 2.47. The summed E-state index contributed by atoms with van der Waals surface area (Å²) in [6.45, 7) is 3.61. The van der Waals surface area contributed by atoms with Crippen LogP contribution >= 0.6 is 0 Å². The van der Waals surface area contributed by atoms with Crippen molar-refractivity contribution in [3.63, 3.8) is 0 Å². The van der Waals surface area contributed by atoms with Crippen molar-refractivity contribution in [3.8, 4) is 0 Å². The minimum absolute atomic E-state index is 0.333. The molecule has 2 aliphatic heterocycles. The molecule has 0 N–H and O–H groups in total. The predicted octanol–water partition coefficient (Wildman–Crippen LogP) is 2.06. The Bertz CT molecular complexity index is 401. The minimum atomic E-state index is 0.333. The number of fused-ring (bicyclic) bond motifs is 3. The van der Waals surface area contributed by atoms with Crippen LogP contribution in [0.15, 0.2) is 24.3 Å². The van der Waals surface area contributed by atoms with Gasteiger partial charge in [0, 0.05) is 24.7 Å². The molecular weight excluding hydrogens is 184 g/mol. The molecule has 0 aliphatic carbocycles. The van der Waals surface area contributed by atoms with E-state index in [1.807, 2.05) is 0 Å². The van der Waals surface area contributed by atoms with Gasteiger partial charge in [0.25, 0.3) is 0 Å². The zero-order chi connectivity index (χ0) is 10.6. The number of anilines is 1. The molecule has 0 bridgehead atoms. The summed E-state index contributed by atoms with van der Waals surface area (Å²) in [6.07, 6.45) is 1.82. The Morgan fingerprint density at radius 3 is 2.80 bits per heavy atom. The van der Waals surface area contributed by atoms with Gasteiger partial charge in [-0.2, -0.15) is 0 Å². The minimum Gasteiger partial charge on any atom is -0.358 e. The molecule has 1 aromatic carbocycles. The van der Waals surface area contributed by atoms with Crippen LogP contribution in [0.25, 0.3) is 0 Å². The van der Waals surface area contributed by atoms with Crippen LogP contribution in [-0.2, 0) is 5.41 Å². The number of likely N-dealkylation sites (N-methyl/N-ethyl adjacent to an activating group) is 2. The van der Waals surface area contributed by atoms with Gasteiger partial charge >= 0.3 is 0 Å². The van der Waals surface area contributed by atoms with Gasteiger partial charge in [-0.15, -0.1) is 0 Å². The van der Waals surface area contributed by atoms with Crippen molar-refractivity contribution in [2.24, 2.45) is 0 Å². The Balaban J connectivity index is 2.19. The van der Waals surface area contributed by atoms with Crippen LogP contribution < -0.4 is 4.90 Å². The van der Waals surface area contributed by atoms with Gasteiger partial charge in [0.05, 0.1) is 6.17 Å². The molecule has 15 heavy (non-hydrogen) atoms. The Morgan fingerprint density at radius 2 is 2.00 bits per heavy atom. The van der Waals surface area contributed by atoms with Gasteiger partial charge in [0.1, 0.15) is 0 Å². The highest BCUT2D eigenvalue weighted by molar-refractivity contribution is 5.64. The molecule has 1 fully saturated rings. The fraction of sp³-hybridized carbons (Fsp3) is 0.538. The molecule has 0 saturated carbocycles. The van der Waals surface area contributed by atoms with Crippen LogP contribution in [0.4, 0.5) is 5.69 Å². The molecule has 0 spiro atoms. The second kappa shape index (κ2) is 2.76. The van der Waals surface area contributed by atoms with Gasteiger partial charge < -0.3 is 4.90 Å². The number of benzene rings is 1. The summed E-state index contributed by atoms with van der Waals surface area (Å²) in [7, 11) is 4.45. The van der Waals surface area contributed by atoms with Crippen molar-refractivity contribution in [1.82, 2.24) is 4.90 Å². The third-order valence-corrected chi connectivity index (χ3v) is 4.24. The summed E-state index contributed by atoms with van der Waals surface area (Å²) in [5, 5.41) is 0. The Labute approximate surface area is 91.5 Å². The van der Waals surface area contributed by atoms with Crippen LogP contribution in [0.3, 0.4) is 0 Å². The molecule has 2 atom stereocenters. The Kier molecular flexibility index (Phi) is 1.70. The lowest BCUT2D eigenvalue weighted by atomic mass is 9.81. The Morgan fingerprint density at radius 1 is 1.27 bits per heavy atom. The fourth-order valence-corrected chi connectivity index (χ4v) is 3.54. The normalized spacial score (nSPS) is 34.3. The molecule has 1 saturated heterocycles. The molecule has 2 heteroatoms. The zero-order valence-corrected chi connectivity index (χ0v) is 9.70.